The summed E-state index contributed by atoms with van der Waals surface area (Å²) in [5.41, 5.74) is 10.8. The van der Waals surface area contributed by atoms with Gasteiger partial charge in [-0.15, -0.1) is 0 Å². The van der Waals surface area contributed by atoms with Crippen LogP contribution in [0.25, 0.3) is 15.4 Å². The number of rotatable bonds is 1. The molecule has 1 heterocycles. The first kappa shape index (κ1) is 9.97. The number of aromatic nitrogens is 1. The third kappa shape index (κ3) is 1.31. The third-order valence-corrected chi connectivity index (χ3v) is 4.54. The average Bonchev–Trinajstić information content (AvgIpc) is 2.68. The summed E-state index contributed by atoms with van der Waals surface area (Å²) in [4.78, 5) is 3.47. The molecule has 16 heavy (non-hydrogen) atoms. The van der Waals surface area contributed by atoms with Crippen LogP contribution in [0.15, 0.2) is 30.0 Å². The number of benzene rings is 1. The summed E-state index contributed by atoms with van der Waals surface area (Å²) in [6, 6.07) is 8.34. The zero-order chi connectivity index (χ0) is 11.1. The SMILES string of the molecule is N[Se]C1=C(N)CCc2[nH]c3ccccc3c21. The zero-order valence-electron chi connectivity index (χ0n) is 8.79. The third-order valence-electron chi connectivity index (χ3n) is 3.06. The molecule has 1 aromatic heterocycles. The van der Waals surface area contributed by atoms with E-state index in [0.29, 0.717) is 0 Å². The fraction of sp³-hybridized carbons (Fsp3) is 0.167. The van der Waals surface area contributed by atoms with Gasteiger partial charge in [0.15, 0.2) is 0 Å². The number of aromatic amines is 1. The molecule has 5 N–H and O–H groups in total. The summed E-state index contributed by atoms with van der Waals surface area (Å²) in [6.07, 6.45) is 1.92. The van der Waals surface area contributed by atoms with E-state index in [2.05, 4.69) is 23.2 Å². The van der Waals surface area contributed by atoms with Crippen LogP contribution in [0.5, 0.6) is 0 Å². The molecule has 0 radical (unpaired) electrons. The molecule has 3 rings (SSSR count). The predicted molar refractivity (Wildman–Crippen MR) is 67.7 cm³/mol. The number of aryl methyl sites for hydroxylation is 1. The van der Waals surface area contributed by atoms with Crippen molar-refractivity contribution in [2.45, 2.75) is 12.8 Å². The molecule has 3 nitrogen and oxygen atoms in total. The average molecular weight is 278 g/mol. The number of nitrogens with one attached hydrogen (secondary N) is 1. The number of nitrogens with two attached hydrogens (primary N) is 2. The number of hydrogen-bond acceptors (Lipinski definition) is 2. The van der Waals surface area contributed by atoms with Crippen LogP contribution in [0.1, 0.15) is 17.7 Å². The minimum absolute atomic E-state index is 0.0375. The fourth-order valence-electron chi connectivity index (χ4n) is 2.31. The first-order chi connectivity index (χ1) is 7.81. The minimum atomic E-state index is -0.0375. The van der Waals surface area contributed by atoms with Gasteiger partial charge in [-0.05, 0) is 0 Å². The van der Waals surface area contributed by atoms with E-state index < -0.39 is 0 Å². The molecule has 0 amide bonds. The van der Waals surface area contributed by atoms with Gasteiger partial charge in [-0.25, -0.2) is 0 Å². The van der Waals surface area contributed by atoms with Gasteiger partial charge in [0.05, 0.1) is 0 Å². The Bertz CT molecular complexity index is 583. The van der Waals surface area contributed by atoms with Gasteiger partial charge in [0.25, 0.3) is 0 Å². The van der Waals surface area contributed by atoms with Crippen molar-refractivity contribution in [2.75, 3.05) is 0 Å². The van der Waals surface area contributed by atoms with Crippen LogP contribution < -0.4 is 10.5 Å². The molecule has 1 aromatic carbocycles. The van der Waals surface area contributed by atoms with E-state index >= 15 is 0 Å². The van der Waals surface area contributed by atoms with E-state index in [9.17, 15) is 0 Å². The summed E-state index contributed by atoms with van der Waals surface area (Å²) in [5.74, 6) is 0. The van der Waals surface area contributed by atoms with Crippen molar-refractivity contribution in [3.8, 4) is 0 Å². The van der Waals surface area contributed by atoms with Crippen molar-refractivity contribution in [3.63, 3.8) is 0 Å². The quantitative estimate of drug-likeness (QED) is 0.689. The molecule has 2 aromatic rings. The number of H-pyrrole nitrogens is 1. The van der Waals surface area contributed by atoms with Gasteiger partial charge in [0, 0.05) is 0 Å². The van der Waals surface area contributed by atoms with E-state index in [-0.39, 0.29) is 15.2 Å². The molecule has 82 valence electrons. The van der Waals surface area contributed by atoms with Crippen LogP contribution in [0.2, 0.25) is 0 Å². The monoisotopic (exact) mass is 279 g/mol. The number of fused-ring (bicyclic) bond motifs is 3. The second kappa shape index (κ2) is 3.67. The predicted octanol–water partition coefficient (Wildman–Crippen LogP) is 1.32. The van der Waals surface area contributed by atoms with Gasteiger partial charge in [-0.1, -0.05) is 0 Å². The van der Waals surface area contributed by atoms with E-state index in [0.717, 1.165) is 18.5 Å². The van der Waals surface area contributed by atoms with Crippen LogP contribution >= 0.6 is 0 Å². The molecule has 0 fully saturated rings. The van der Waals surface area contributed by atoms with Crippen molar-refractivity contribution in [3.05, 3.63) is 41.2 Å². The fourth-order valence-corrected chi connectivity index (χ4v) is 3.58. The number of allylic oxidation sites excluding steroid dienone is 1. The van der Waals surface area contributed by atoms with Crippen LogP contribution in [0.4, 0.5) is 0 Å². The Kier molecular flexibility index (Phi) is 2.28. The summed E-state index contributed by atoms with van der Waals surface area (Å²) < 4.78 is 7.04. The van der Waals surface area contributed by atoms with Gasteiger partial charge >= 0.3 is 100 Å². The molecule has 1 aliphatic carbocycles. The van der Waals surface area contributed by atoms with Crippen LogP contribution in [-0.4, -0.2) is 20.2 Å². The maximum atomic E-state index is 6.06. The first-order valence-corrected chi connectivity index (χ1v) is 7.11. The second-order valence-corrected chi connectivity index (χ2v) is 5.35. The van der Waals surface area contributed by atoms with E-state index in [1.165, 1.54) is 26.6 Å². The van der Waals surface area contributed by atoms with Gasteiger partial charge in [0.1, 0.15) is 0 Å². The maximum absolute atomic E-state index is 6.06. The van der Waals surface area contributed by atoms with Gasteiger partial charge in [0.2, 0.25) is 0 Å². The Balaban J connectivity index is 2.36. The van der Waals surface area contributed by atoms with Crippen molar-refractivity contribution < 1.29 is 0 Å². The molecular weight excluding hydrogens is 265 g/mol. The Morgan fingerprint density at radius 3 is 2.81 bits per heavy atom. The van der Waals surface area contributed by atoms with Crippen molar-refractivity contribution >= 4 is 30.5 Å². The Morgan fingerprint density at radius 1 is 1.19 bits per heavy atom. The molecule has 0 atom stereocenters. The van der Waals surface area contributed by atoms with Crippen molar-refractivity contribution in [2.24, 2.45) is 10.5 Å². The van der Waals surface area contributed by atoms with Crippen molar-refractivity contribution in [1.29, 1.82) is 0 Å². The number of para-hydroxylation sites is 1. The first-order valence-electron chi connectivity index (χ1n) is 5.26. The standard InChI is InChI=1S/C12H13N3Se/c13-8-5-6-10-11(12(8)16-14)7-3-1-2-4-9(7)15-10/h1-4,15H,5-6,13-14H2. The molecule has 0 saturated carbocycles. The zero-order valence-corrected chi connectivity index (χ0v) is 10.5. The summed E-state index contributed by atoms with van der Waals surface area (Å²) in [7, 11) is 0. The molecule has 0 spiro atoms. The van der Waals surface area contributed by atoms with Crippen LogP contribution in [0, 0.1) is 0 Å². The summed E-state index contributed by atoms with van der Waals surface area (Å²) in [5, 5.41) is 1.25. The number of hydrogen-bond donors (Lipinski definition) is 3. The Labute approximate surface area is 100 Å². The normalized spacial score (nSPS) is 15.6. The van der Waals surface area contributed by atoms with Gasteiger partial charge < -0.3 is 0 Å². The molecule has 4 heteroatoms. The molecule has 0 unspecified atom stereocenters. The Hall–Kier alpha value is -1.22. The topological polar surface area (TPSA) is 67.8 Å². The summed E-state index contributed by atoms with van der Waals surface area (Å²) >= 11 is -0.0375. The van der Waals surface area contributed by atoms with Gasteiger partial charge in [-0.2, -0.15) is 0 Å². The molecule has 1 aliphatic rings. The Morgan fingerprint density at radius 2 is 2.00 bits per heavy atom. The molecule has 0 aliphatic heterocycles. The molecule has 0 bridgehead atoms. The van der Waals surface area contributed by atoms with E-state index in [1.807, 2.05) is 6.07 Å². The van der Waals surface area contributed by atoms with E-state index in [1.54, 1.807) is 0 Å². The van der Waals surface area contributed by atoms with E-state index in [4.69, 9.17) is 10.5 Å². The molecular formula is C12H13N3Se. The molecule has 0 saturated heterocycles. The van der Waals surface area contributed by atoms with Crippen LogP contribution in [0.3, 0.4) is 0 Å². The van der Waals surface area contributed by atoms with Crippen LogP contribution in [-0.2, 0) is 6.42 Å². The van der Waals surface area contributed by atoms with Gasteiger partial charge in [-0.3, -0.25) is 0 Å². The summed E-state index contributed by atoms with van der Waals surface area (Å²) in [6.45, 7) is 0. The van der Waals surface area contributed by atoms with Crippen molar-refractivity contribution in [1.82, 2.24) is 4.98 Å². The second-order valence-electron chi connectivity index (χ2n) is 4.00.